The fourth-order valence-electron chi connectivity index (χ4n) is 5.35. The molecule has 0 spiro atoms. The number of hydrogen-bond acceptors (Lipinski definition) is 6. The summed E-state index contributed by atoms with van der Waals surface area (Å²) in [6, 6.07) is 3.73. The summed E-state index contributed by atoms with van der Waals surface area (Å²) in [5.74, 6) is -3.10. The Balaban J connectivity index is 1.12. The molecule has 6 rings (SSSR count). The fraction of sp³-hybridized carbons (Fsp3) is 0.522. The van der Waals surface area contributed by atoms with Gasteiger partial charge in [-0.25, -0.2) is 23.4 Å². The monoisotopic (exact) mass is 468 g/mol. The van der Waals surface area contributed by atoms with Crippen LogP contribution in [0.1, 0.15) is 52.5 Å². The number of pyridine rings is 1. The molecule has 178 valence electrons. The summed E-state index contributed by atoms with van der Waals surface area (Å²) in [6.45, 7) is 3.15. The molecule has 0 radical (unpaired) electrons. The maximum Gasteiger partial charge on any atom is 0.274 e. The van der Waals surface area contributed by atoms with Gasteiger partial charge in [-0.3, -0.25) is 4.79 Å². The maximum atomic E-state index is 13.5. The predicted molar refractivity (Wildman–Crippen MR) is 119 cm³/mol. The third-order valence-electron chi connectivity index (χ3n) is 7.41. The van der Waals surface area contributed by atoms with Crippen LogP contribution >= 0.6 is 0 Å². The van der Waals surface area contributed by atoms with E-state index in [1.54, 1.807) is 17.2 Å². The molecule has 3 aliphatic rings. The lowest BCUT2D eigenvalue weighted by Crippen LogP contribution is -2.28. The van der Waals surface area contributed by atoms with Crippen LogP contribution in [0.2, 0.25) is 0 Å². The van der Waals surface area contributed by atoms with Gasteiger partial charge in [0.1, 0.15) is 5.82 Å². The van der Waals surface area contributed by atoms with Crippen molar-refractivity contribution in [2.45, 2.75) is 44.7 Å². The average Bonchev–Trinajstić information content (AvgIpc) is 3.46. The molecule has 3 aromatic heterocycles. The van der Waals surface area contributed by atoms with Gasteiger partial charge in [-0.2, -0.15) is 0 Å². The Kier molecular flexibility index (Phi) is 4.72. The topological polar surface area (TPSA) is 93.8 Å². The molecule has 2 unspecified atom stereocenters. The third kappa shape index (κ3) is 3.36. The van der Waals surface area contributed by atoms with Crippen LogP contribution in [0.3, 0.4) is 0 Å². The zero-order valence-electron chi connectivity index (χ0n) is 19.1. The second kappa shape index (κ2) is 7.57. The van der Waals surface area contributed by atoms with Crippen molar-refractivity contribution in [3.63, 3.8) is 0 Å². The quantitative estimate of drug-likeness (QED) is 0.596. The summed E-state index contributed by atoms with van der Waals surface area (Å²) in [4.78, 5) is 23.8. The normalized spacial score (nSPS) is 24.2. The number of nitrogens with zero attached hydrogens (tertiary/aromatic N) is 7. The van der Waals surface area contributed by atoms with Crippen molar-refractivity contribution in [1.29, 1.82) is 0 Å². The van der Waals surface area contributed by atoms with Crippen molar-refractivity contribution in [2.24, 2.45) is 18.9 Å². The first-order chi connectivity index (χ1) is 16.3. The van der Waals surface area contributed by atoms with E-state index < -0.39 is 17.8 Å². The van der Waals surface area contributed by atoms with Gasteiger partial charge < -0.3 is 14.8 Å². The summed E-state index contributed by atoms with van der Waals surface area (Å²) >= 11 is 0. The summed E-state index contributed by atoms with van der Waals surface area (Å²) in [7, 11) is 1.96. The summed E-state index contributed by atoms with van der Waals surface area (Å²) < 4.78 is 30.7. The number of aromatic nitrogens is 6. The number of anilines is 1. The SMILES string of the molecule is CCc1nc(N2CC3C(C2)C3(F)F)ccc1Cn1cc(C(=O)N[C@@H]2CCc3c2ncn3C)nn1. The highest BCUT2D eigenvalue weighted by Crippen LogP contribution is 2.59. The van der Waals surface area contributed by atoms with E-state index in [1.165, 1.54) is 0 Å². The molecule has 4 heterocycles. The Morgan fingerprint density at radius 1 is 1.26 bits per heavy atom. The van der Waals surface area contributed by atoms with E-state index in [-0.39, 0.29) is 17.6 Å². The highest BCUT2D eigenvalue weighted by atomic mass is 19.3. The number of nitrogens with one attached hydrogen (secondary N) is 1. The number of halogens is 2. The number of fused-ring (bicyclic) bond motifs is 2. The molecule has 3 aromatic rings. The lowest BCUT2D eigenvalue weighted by Gasteiger charge is -2.22. The van der Waals surface area contributed by atoms with Crippen LogP contribution in [-0.4, -0.2) is 54.4 Å². The molecule has 0 bridgehead atoms. The minimum Gasteiger partial charge on any atom is -0.356 e. The number of carbonyl (C=O) groups excluding carboxylic acids is 1. The van der Waals surface area contributed by atoms with Crippen molar-refractivity contribution in [3.8, 4) is 0 Å². The number of rotatable bonds is 6. The molecule has 34 heavy (non-hydrogen) atoms. The Hall–Kier alpha value is -3.37. The van der Waals surface area contributed by atoms with Gasteiger partial charge in [0.15, 0.2) is 5.69 Å². The standard InChI is InChI=1S/C23H26F2N8O/c1-3-16-13(4-7-20(27-16)32-9-14-15(10-32)23(14,24)25)8-33-11-18(29-30-33)22(34)28-17-5-6-19-21(17)26-12-31(19)2/h4,7,11-12,14-15,17H,3,5-6,8-10H2,1-2H3,(H,28,34)/t14?,15?,17-/m1/s1. The van der Waals surface area contributed by atoms with Crippen molar-refractivity contribution >= 4 is 11.7 Å². The van der Waals surface area contributed by atoms with Gasteiger partial charge in [0.2, 0.25) is 0 Å². The molecule has 1 saturated heterocycles. The first-order valence-corrected chi connectivity index (χ1v) is 11.7. The van der Waals surface area contributed by atoms with Gasteiger partial charge in [0.25, 0.3) is 11.8 Å². The number of piperidine rings is 1. The van der Waals surface area contributed by atoms with E-state index in [0.29, 0.717) is 26.1 Å². The average molecular weight is 469 g/mol. The zero-order chi connectivity index (χ0) is 23.6. The van der Waals surface area contributed by atoms with Gasteiger partial charge in [0.05, 0.1) is 42.6 Å². The summed E-state index contributed by atoms with van der Waals surface area (Å²) in [5.41, 5.74) is 4.17. The van der Waals surface area contributed by atoms with E-state index in [4.69, 9.17) is 4.98 Å². The molecule has 3 atom stereocenters. The minimum absolute atomic E-state index is 0.117. The van der Waals surface area contributed by atoms with Gasteiger partial charge in [0, 0.05) is 31.5 Å². The van der Waals surface area contributed by atoms with Crippen molar-refractivity contribution < 1.29 is 13.6 Å². The van der Waals surface area contributed by atoms with E-state index in [1.807, 2.05) is 35.6 Å². The summed E-state index contributed by atoms with van der Waals surface area (Å²) in [5, 5.41) is 11.2. The third-order valence-corrected chi connectivity index (χ3v) is 7.41. The van der Waals surface area contributed by atoms with Gasteiger partial charge in [-0.1, -0.05) is 18.2 Å². The molecular formula is C23H26F2N8O. The van der Waals surface area contributed by atoms with Crippen LogP contribution in [-0.2, 0) is 26.4 Å². The van der Waals surface area contributed by atoms with Gasteiger partial charge in [-0.05, 0) is 30.9 Å². The van der Waals surface area contributed by atoms with E-state index in [0.717, 1.165) is 41.3 Å². The van der Waals surface area contributed by atoms with Gasteiger partial charge >= 0.3 is 0 Å². The smallest absolute Gasteiger partial charge is 0.274 e. The number of alkyl halides is 2. The lowest BCUT2D eigenvalue weighted by atomic mass is 10.1. The molecular weight excluding hydrogens is 442 g/mol. The van der Waals surface area contributed by atoms with E-state index >= 15 is 0 Å². The zero-order valence-corrected chi connectivity index (χ0v) is 19.1. The highest BCUT2D eigenvalue weighted by molar-refractivity contribution is 5.92. The maximum absolute atomic E-state index is 13.5. The second-order valence-electron chi connectivity index (χ2n) is 9.47. The molecule has 11 heteroatoms. The van der Waals surface area contributed by atoms with Crippen molar-refractivity contribution in [2.75, 3.05) is 18.0 Å². The van der Waals surface area contributed by atoms with Crippen LogP contribution in [0.5, 0.6) is 0 Å². The van der Waals surface area contributed by atoms with Crippen LogP contribution in [0.4, 0.5) is 14.6 Å². The lowest BCUT2D eigenvalue weighted by molar-refractivity contribution is 0.0796. The van der Waals surface area contributed by atoms with Gasteiger partial charge in [-0.15, -0.1) is 5.10 Å². The number of imidazole rings is 1. The van der Waals surface area contributed by atoms with E-state index in [2.05, 4.69) is 20.6 Å². The molecule has 0 aromatic carbocycles. The summed E-state index contributed by atoms with van der Waals surface area (Å²) in [6.07, 6.45) is 5.81. The van der Waals surface area contributed by atoms with Crippen molar-refractivity contribution in [3.05, 3.63) is 53.0 Å². The molecule has 1 amide bonds. The minimum atomic E-state index is -2.50. The molecule has 1 N–H and O–H groups in total. The number of carbonyl (C=O) groups is 1. The number of hydrogen-bond donors (Lipinski definition) is 1. The number of aryl methyl sites for hydroxylation is 2. The Labute approximate surface area is 195 Å². The second-order valence-corrected chi connectivity index (χ2v) is 9.47. The molecule has 1 saturated carbocycles. The van der Waals surface area contributed by atoms with Crippen LogP contribution < -0.4 is 10.2 Å². The highest BCUT2D eigenvalue weighted by Gasteiger charge is 2.71. The fourth-order valence-corrected chi connectivity index (χ4v) is 5.35. The van der Waals surface area contributed by atoms with E-state index in [9.17, 15) is 13.6 Å². The van der Waals surface area contributed by atoms with Crippen LogP contribution in [0.15, 0.2) is 24.7 Å². The molecule has 2 fully saturated rings. The Morgan fingerprint density at radius 2 is 2.06 bits per heavy atom. The molecule has 9 nitrogen and oxygen atoms in total. The number of amides is 1. The molecule has 1 aliphatic heterocycles. The van der Waals surface area contributed by atoms with Crippen LogP contribution in [0.25, 0.3) is 0 Å². The predicted octanol–water partition coefficient (Wildman–Crippen LogP) is 2.14. The first-order valence-electron chi connectivity index (χ1n) is 11.7. The largest absolute Gasteiger partial charge is 0.356 e. The Morgan fingerprint density at radius 3 is 2.82 bits per heavy atom. The van der Waals surface area contributed by atoms with Crippen molar-refractivity contribution in [1.82, 2.24) is 34.8 Å². The van der Waals surface area contributed by atoms with Crippen LogP contribution in [0, 0.1) is 11.8 Å². The Bertz CT molecular complexity index is 1250. The first kappa shape index (κ1) is 21.2. The molecule has 2 aliphatic carbocycles.